The molecule has 1 aliphatic carbocycles. The van der Waals surface area contributed by atoms with Crippen molar-refractivity contribution in [3.63, 3.8) is 0 Å². The van der Waals surface area contributed by atoms with E-state index in [1.54, 1.807) is 4.72 Å². The van der Waals surface area contributed by atoms with Gasteiger partial charge in [-0.2, -0.15) is 17.9 Å². The van der Waals surface area contributed by atoms with Gasteiger partial charge in [-0.1, -0.05) is 6.92 Å². The van der Waals surface area contributed by atoms with Gasteiger partial charge in [0.2, 0.25) is 10.0 Å². The number of hydrogen-bond donors (Lipinski definition) is 2. The first-order chi connectivity index (χ1) is 9.61. The molecule has 1 aliphatic rings. The molecular weight excluding hydrogens is 377 g/mol. The van der Waals surface area contributed by atoms with Gasteiger partial charge in [0.25, 0.3) is 0 Å². The third kappa shape index (κ3) is 3.43. The second-order valence-electron chi connectivity index (χ2n) is 4.82. The van der Waals surface area contributed by atoms with Crippen LogP contribution in [0.2, 0.25) is 0 Å². The van der Waals surface area contributed by atoms with E-state index in [4.69, 9.17) is 4.42 Å². The summed E-state index contributed by atoms with van der Waals surface area (Å²) in [7, 11) is -4.31. The summed E-state index contributed by atoms with van der Waals surface area (Å²) in [6.07, 6.45) is -5.12. The van der Waals surface area contributed by atoms with E-state index >= 15 is 0 Å². The molecule has 1 heterocycles. The Labute approximate surface area is 128 Å². The van der Waals surface area contributed by atoms with Gasteiger partial charge in [-0.15, -0.1) is 0 Å². The number of sulfonamides is 1. The van der Waals surface area contributed by atoms with Crippen molar-refractivity contribution in [1.29, 1.82) is 0 Å². The van der Waals surface area contributed by atoms with Gasteiger partial charge in [-0.25, -0.2) is 8.42 Å². The van der Waals surface area contributed by atoms with Crippen LogP contribution >= 0.6 is 15.9 Å². The Morgan fingerprint density at radius 2 is 2.05 bits per heavy atom. The molecule has 0 unspecified atom stereocenters. The predicted molar refractivity (Wildman–Crippen MR) is 72.1 cm³/mol. The maximum Gasteiger partial charge on any atom is 0.407 e. The van der Waals surface area contributed by atoms with Gasteiger partial charge in [0, 0.05) is 6.07 Å². The Hall–Kier alpha value is -0.580. The SMILES string of the molecule is CCNCc1cc(S(=O)(=O)NC2(C(F)(F)F)CC2)c(Br)o1. The highest BCUT2D eigenvalue weighted by atomic mass is 79.9. The zero-order valence-electron chi connectivity index (χ0n) is 11.1. The molecule has 5 nitrogen and oxygen atoms in total. The molecule has 0 aliphatic heterocycles. The van der Waals surface area contributed by atoms with E-state index in [1.807, 2.05) is 6.92 Å². The normalized spacial score (nSPS) is 18.0. The van der Waals surface area contributed by atoms with E-state index in [-0.39, 0.29) is 29.0 Å². The molecule has 0 spiro atoms. The van der Waals surface area contributed by atoms with Crippen LogP contribution in [0.25, 0.3) is 0 Å². The minimum absolute atomic E-state index is 0.110. The molecular formula is C11H14BrF3N2O3S. The predicted octanol–water partition coefficient (Wildman–Crippen LogP) is 2.52. The van der Waals surface area contributed by atoms with Gasteiger partial charge >= 0.3 is 6.18 Å². The first kappa shape index (κ1) is 16.8. The zero-order valence-corrected chi connectivity index (χ0v) is 13.5. The maximum atomic E-state index is 12.8. The van der Waals surface area contributed by atoms with Crippen LogP contribution < -0.4 is 10.0 Å². The highest BCUT2D eigenvalue weighted by Gasteiger charge is 2.65. The Morgan fingerprint density at radius 1 is 1.43 bits per heavy atom. The van der Waals surface area contributed by atoms with Crippen LogP contribution in [0, 0.1) is 0 Å². The second kappa shape index (κ2) is 5.56. The first-order valence-corrected chi connectivity index (χ1v) is 8.48. The Morgan fingerprint density at radius 3 is 2.52 bits per heavy atom. The molecule has 2 rings (SSSR count). The standard InChI is InChI=1S/C11H14BrF3N2O3S/c1-2-16-6-7-5-8(9(12)20-7)21(18,19)17-10(3-4-10)11(13,14)15/h5,16-17H,2-4,6H2,1H3. The lowest BCUT2D eigenvalue weighted by atomic mass is 10.3. The summed E-state index contributed by atoms with van der Waals surface area (Å²) < 4.78 is 69.6. The summed E-state index contributed by atoms with van der Waals surface area (Å²) in [5.74, 6) is 0.320. The summed E-state index contributed by atoms with van der Waals surface area (Å²) in [6, 6.07) is 1.21. The van der Waals surface area contributed by atoms with Gasteiger partial charge in [0.05, 0.1) is 6.54 Å². The average molecular weight is 391 g/mol. The zero-order chi connectivity index (χ0) is 15.9. The van der Waals surface area contributed by atoms with E-state index in [0.717, 1.165) is 0 Å². The molecule has 2 N–H and O–H groups in total. The largest absolute Gasteiger partial charge is 0.452 e. The van der Waals surface area contributed by atoms with Crippen LogP contribution in [-0.4, -0.2) is 26.7 Å². The number of nitrogens with one attached hydrogen (secondary N) is 2. The van der Waals surface area contributed by atoms with E-state index < -0.39 is 21.7 Å². The van der Waals surface area contributed by atoms with Crippen molar-refractivity contribution in [2.45, 2.75) is 42.9 Å². The van der Waals surface area contributed by atoms with Crippen molar-refractivity contribution in [2.24, 2.45) is 0 Å². The molecule has 1 fully saturated rings. The van der Waals surface area contributed by atoms with E-state index in [1.165, 1.54) is 6.07 Å². The molecule has 1 aromatic rings. The van der Waals surface area contributed by atoms with Gasteiger partial charge in [0.1, 0.15) is 16.2 Å². The molecule has 120 valence electrons. The van der Waals surface area contributed by atoms with Crippen LogP contribution in [0.3, 0.4) is 0 Å². The summed E-state index contributed by atoms with van der Waals surface area (Å²) in [6.45, 7) is 2.79. The number of hydrogen-bond acceptors (Lipinski definition) is 4. The number of alkyl halides is 3. The molecule has 0 saturated heterocycles. The lowest BCUT2D eigenvalue weighted by molar-refractivity contribution is -0.160. The third-order valence-corrected chi connectivity index (χ3v) is 5.56. The number of furan rings is 1. The van der Waals surface area contributed by atoms with Crippen molar-refractivity contribution < 1.29 is 26.0 Å². The second-order valence-corrected chi connectivity index (χ2v) is 7.19. The first-order valence-electron chi connectivity index (χ1n) is 6.21. The fourth-order valence-electron chi connectivity index (χ4n) is 1.80. The van der Waals surface area contributed by atoms with Crippen LogP contribution in [-0.2, 0) is 16.6 Å². The Bertz CT molecular complexity index is 623. The minimum atomic E-state index is -4.61. The fourth-order valence-corrected chi connectivity index (χ4v) is 4.24. The molecule has 10 heteroatoms. The Kier molecular flexibility index (Phi) is 4.45. The van der Waals surface area contributed by atoms with Crippen molar-refractivity contribution in [1.82, 2.24) is 10.0 Å². The minimum Gasteiger partial charge on any atom is -0.452 e. The smallest absolute Gasteiger partial charge is 0.407 e. The van der Waals surface area contributed by atoms with Crippen molar-refractivity contribution in [2.75, 3.05) is 6.54 Å². The summed E-state index contributed by atoms with van der Waals surface area (Å²) in [5.41, 5.74) is -2.34. The maximum absolute atomic E-state index is 12.8. The molecule has 1 saturated carbocycles. The van der Waals surface area contributed by atoms with Gasteiger partial charge in [-0.3, -0.25) is 0 Å². The van der Waals surface area contributed by atoms with Gasteiger partial charge < -0.3 is 9.73 Å². The topological polar surface area (TPSA) is 71.3 Å². The lowest BCUT2D eigenvalue weighted by Gasteiger charge is -2.20. The van der Waals surface area contributed by atoms with Crippen LogP contribution in [0.15, 0.2) is 20.0 Å². The van der Waals surface area contributed by atoms with E-state index in [0.29, 0.717) is 12.3 Å². The summed E-state index contributed by atoms with van der Waals surface area (Å²) >= 11 is 2.93. The molecule has 21 heavy (non-hydrogen) atoms. The van der Waals surface area contributed by atoms with Crippen molar-refractivity contribution >= 4 is 26.0 Å². The molecule has 0 bridgehead atoms. The lowest BCUT2D eigenvalue weighted by Crippen LogP contribution is -2.47. The van der Waals surface area contributed by atoms with E-state index in [2.05, 4.69) is 21.2 Å². The van der Waals surface area contributed by atoms with Crippen LogP contribution in [0.1, 0.15) is 25.5 Å². The fraction of sp³-hybridized carbons (Fsp3) is 0.636. The number of rotatable bonds is 6. The Balaban J connectivity index is 2.23. The monoisotopic (exact) mass is 390 g/mol. The summed E-state index contributed by atoms with van der Waals surface area (Å²) in [5, 5.41) is 2.93. The third-order valence-electron chi connectivity index (χ3n) is 3.17. The molecule has 0 atom stereocenters. The van der Waals surface area contributed by atoms with Crippen LogP contribution in [0.5, 0.6) is 0 Å². The van der Waals surface area contributed by atoms with Crippen molar-refractivity contribution in [3.05, 3.63) is 16.5 Å². The molecule has 0 radical (unpaired) electrons. The number of halogens is 4. The van der Waals surface area contributed by atoms with Crippen LogP contribution in [0.4, 0.5) is 13.2 Å². The van der Waals surface area contributed by atoms with Gasteiger partial charge in [-0.05, 0) is 35.3 Å². The molecule has 0 amide bonds. The molecule has 0 aromatic carbocycles. The van der Waals surface area contributed by atoms with E-state index in [9.17, 15) is 21.6 Å². The van der Waals surface area contributed by atoms with Crippen molar-refractivity contribution in [3.8, 4) is 0 Å². The quantitative estimate of drug-likeness (QED) is 0.782. The average Bonchev–Trinajstić information content (AvgIpc) is 3.02. The molecule has 1 aromatic heterocycles. The van der Waals surface area contributed by atoms with Gasteiger partial charge in [0.15, 0.2) is 4.67 Å². The highest BCUT2D eigenvalue weighted by molar-refractivity contribution is 9.10. The summed E-state index contributed by atoms with van der Waals surface area (Å²) in [4.78, 5) is -0.328. The highest BCUT2D eigenvalue weighted by Crippen LogP contribution is 2.50.